The van der Waals surface area contributed by atoms with E-state index in [1.807, 2.05) is 24.3 Å². The molecule has 0 saturated carbocycles. The number of hydrogen-bond acceptors (Lipinski definition) is 6. The highest BCUT2D eigenvalue weighted by atomic mass is 16.5. The maximum Gasteiger partial charge on any atom is 0.224 e. The van der Waals surface area contributed by atoms with E-state index in [9.17, 15) is 4.79 Å². The first-order chi connectivity index (χ1) is 13.6. The Morgan fingerprint density at radius 1 is 0.821 bits per heavy atom. The number of amides is 1. The van der Waals surface area contributed by atoms with Crippen molar-refractivity contribution in [1.29, 1.82) is 0 Å². The lowest BCUT2D eigenvalue weighted by atomic mass is 10.1. The summed E-state index contributed by atoms with van der Waals surface area (Å²) in [5, 5.41) is 2.90. The van der Waals surface area contributed by atoms with Crippen molar-refractivity contribution in [3.63, 3.8) is 0 Å². The van der Waals surface area contributed by atoms with Crippen LogP contribution in [0.5, 0.6) is 23.0 Å². The monoisotopic (exact) mass is 389 g/mol. The molecule has 7 heteroatoms. The van der Waals surface area contributed by atoms with Crippen LogP contribution in [0.2, 0.25) is 0 Å². The lowest BCUT2D eigenvalue weighted by Crippen LogP contribution is -2.30. The van der Waals surface area contributed by atoms with E-state index >= 15 is 0 Å². The number of ether oxygens (including phenoxy) is 5. The minimum atomic E-state index is -0.311. The van der Waals surface area contributed by atoms with Gasteiger partial charge in [0.25, 0.3) is 0 Å². The normalized spacial score (nSPS) is 11.5. The van der Waals surface area contributed by atoms with Gasteiger partial charge in [0.1, 0.15) is 0 Å². The number of carbonyl (C=O) groups is 1. The summed E-state index contributed by atoms with van der Waals surface area (Å²) in [7, 11) is 7.90. The van der Waals surface area contributed by atoms with Crippen LogP contribution in [-0.4, -0.2) is 48.0 Å². The molecule has 1 amide bonds. The molecule has 0 fully saturated rings. The molecular formula is C21H27NO6. The Labute approximate surface area is 165 Å². The standard InChI is InChI=1S/C21H27NO6/c1-24-16-8-6-14(10-18(16)26-3)11-21(23)22-13-20(28-5)15-7-9-17(25-2)19(12-15)27-4/h6-10,12,20H,11,13H2,1-5H3,(H,22,23). The van der Waals surface area contributed by atoms with E-state index in [1.165, 1.54) is 0 Å². The third-order valence-electron chi connectivity index (χ3n) is 4.36. The van der Waals surface area contributed by atoms with Gasteiger partial charge in [0.2, 0.25) is 5.91 Å². The molecule has 0 aromatic heterocycles. The maximum atomic E-state index is 12.4. The summed E-state index contributed by atoms with van der Waals surface area (Å²) in [6, 6.07) is 10.9. The number of carbonyl (C=O) groups excluding carboxylic acids is 1. The van der Waals surface area contributed by atoms with Gasteiger partial charge < -0.3 is 29.0 Å². The highest BCUT2D eigenvalue weighted by Crippen LogP contribution is 2.31. The largest absolute Gasteiger partial charge is 0.493 e. The van der Waals surface area contributed by atoms with Gasteiger partial charge in [0.15, 0.2) is 23.0 Å². The molecule has 1 atom stereocenters. The first-order valence-electron chi connectivity index (χ1n) is 8.78. The van der Waals surface area contributed by atoms with E-state index in [0.29, 0.717) is 29.5 Å². The molecule has 2 aromatic carbocycles. The smallest absolute Gasteiger partial charge is 0.224 e. The van der Waals surface area contributed by atoms with Crippen molar-refractivity contribution < 1.29 is 28.5 Å². The molecule has 0 aliphatic carbocycles. The zero-order valence-electron chi connectivity index (χ0n) is 16.9. The van der Waals surface area contributed by atoms with E-state index in [2.05, 4.69) is 5.32 Å². The fourth-order valence-corrected chi connectivity index (χ4v) is 2.84. The minimum absolute atomic E-state index is 0.116. The molecule has 0 aliphatic heterocycles. The van der Waals surface area contributed by atoms with Gasteiger partial charge in [-0.2, -0.15) is 0 Å². The Morgan fingerprint density at radius 3 is 1.96 bits per heavy atom. The van der Waals surface area contributed by atoms with Crippen LogP contribution in [-0.2, 0) is 16.0 Å². The molecule has 0 radical (unpaired) electrons. The Kier molecular flexibility index (Phi) is 7.95. The summed E-state index contributed by atoms with van der Waals surface area (Å²) in [6.45, 7) is 0.331. The van der Waals surface area contributed by atoms with E-state index in [0.717, 1.165) is 11.1 Å². The average Bonchev–Trinajstić information content (AvgIpc) is 2.73. The van der Waals surface area contributed by atoms with Crippen LogP contribution < -0.4 is 24.3 Å². The average molecular weight is 389 g/mol. The van der Waals surface area contributed by atoms with Crippen LogP contribution in [0.15, 0.2) is 36.4 Å². The predicted molar refractivity (Wildman–Crippen MR) is 106 cm³/mol. The van der Waals surface area contributed by atoms with Crippen LogP contribution in [0.25, 0.3) is 0 Å². The van der Waals surface area contributed by atoms with Gasteiger partial charge in [-0.1, -0.05) is 12.1 Å². The van der Waals surface area contributed by atoms with Crippen LogP contribution >= 0.6 is 0 Å². The topological polar surface area (TPSA) is 75.3 Å². The molecule has 0 aliphatic rings. The summed E-state index contributed by atoms with van der Waals surface area (Å²) < 4.78 is 26.6. The van der Waals surface area contributed by atoms with Crippen molar-refractivity contribution in [3.05, 3.63) is 47.5 Å². The van der Waals surface area contributed by atoms with Gasteiger partial charge in [0, 0.05) is 13.7 Å². The Hall–Kier alpha value is -2.93. The molecular weight excluding hydrogens is 362 g/mol. The van der Waals surface area contributed by atoms with Crippen molar-refractivity contribution in [3.8, 4) is 23.0 Å². The third-order valence-corrected chi connectivity index (χ3v) is 4.36. The summed E-state index contributed by atoms with van der Waals surface area (Å²) in [4.78, 5) is 12.4. The molecule has 2 aromatic rings. The summed E-state index contributed by atoms with van der Waals surface area (Å²) >= 11 is 0. The SMILES string of the molecule is COc1ccc(CC(=O)NCC(OC)c2ccc(OC)c(OC)c2)cc1OC. The summed E-state index contributed by atoms with van der Waals surface area (Å²) in [6.07, 6.45) is -0.0860. The molecule has 28 heavy (non-hydrogen) atoms. The molecule has 1 unspecified atom stereocenters. The van der Waals surface area contributed by atoms with E-state index in [4.69, 9.17) is 23.7 Å². The molecule has 152 valence electrons. The number of nitrogens with one attached hydrogen (secondary N) is 1. The molecule has 2 rings (SSSR count). The summed E-state index contributed by atoms with van der Waals surface area (Å²) in [5.41, 5.74) is 1.71. The highest BCUT2D eigenvalue weighted by Gasteiger charge is 2.16. The molecule has 1 N–H and O–H groups in total. The molecule has 0 saturated heterocycles. The second kappa shape index (κ2) is 10.4. The number of benzene rings is 2. The predicted octanol–water partition coefficient (Wildman–Crippen LogP) is 2.77. The summed E-state index contributed by atoms with van der Waals surface area (Å²) in [5.74, 6) is 2.35. The first-order valence-corrected chi connectivity index (χ1v) is 8.78. The van der Waals surface area contributed by atoms with Gasteiger partial charge in [-0.05, 0) is 35.4 Å². The molecule has 0 bridgehead atoms. The van der Waals surface area contributed by atoms with Crippen LogP contribution in [0, 0.1) is 0 Å². The van der Waals surface area contributed by atoms with Crippen molar-refractivity contribution >= 4 is 5.91 Å². The zero-order chi connectivity index (χ0) is 20.5. The van der Waals surface area contributed by atoms with E-state index in [1.54, 1.807) is 47.7 Å². The second-order valence-corrected chi connectivity index (χ2v) is 6.01. The van der Waals surface area contributed by atoms with Crippen LogP contribution in [0.4, 0.5) is 0 Å². The van der Waals surface area contributed by atoms with Crippen LogP contribution in [0.3, 0.4) is 0 Å². The van der Waals surface area contributed by atoms with Gasteiger partial charge in [-0.25, -0.2) is 0 Å². The Balaban J connectivity index is 2.00. The molecule has 7 nitrogen and oxygen atoms in total. The lowest BCUT2D eigenvalue weighted by molar-refractivity contribution is -0.121. The molecule has 0 heterocycles. The van der Waals surface area contributed by atoms with Crippen molar-refractivity contribution in [1.82, 2.24) is 5.32 Å². The van der Waals surface area contributed by atoms with E-state index in [-0.39, 0.29) is 18.4 Å². The van der Waals surface area contributed by atoms with Crippen molar-refractivity contribution in [2.24, 2.45) is 0 Å². The quantitative estimate of drug-likeness (QED) is 0.674. The highest BCUT2D eigenvalue weighted by molar-refractivity contribution is 5.78. The van der Waals surface area contributed by atoms with Gasteiger partial charge in [0.05, 0.1) is 41.0 Å². The Morgan fingerprint density at radius 2 is 1.39 bits per heavy atom. The second-order valence-electron chi connectivity index (χ2n) is 6.01. The number of methoxy groups -OCH3 is 5. The van der Waals surface area contributed by atoms with Crippen molar-refractivity contribution in [2.45, 2.75) is 12.5 Å². The first kappa shape index (κ1) is 21.4. The fourth-order valence-electron chi connectivity index (χ4n) is 2.84. The van der Waals surface area contributed by atoms with Crippen LogP contribution in [0.1, 0.15) is 17.2 Å². The Bertz CT molecular complexity index is 792. The van der Waals surface area contributed by atoms with Gasteiger partial charge >= 0.3 is 0 Å². The number of rotatable bonds is 10. The maximum absolute atomic E-state index is 12.4. The fraction of sp³-hybridized carbons (Fsp3) is 0.381. The lowest BCUT2D eigenvalue weighted by Gasteiger charge is -2.18. The number of hydrogen-bond donors (Lipinski definition) is 1. The minimum Gasteiger partial charge on any atom is -0.493 e. The third kappa shape index (κ3) is 5.29. The zero-order valence-corrected chi connectivity index (χ0v) is 16.9. The van der Waals surface area contributed by atoms with Gasteiger partial charge in [-0.3, -0.25) is 4.79 Å². The van der Waals surface area contributed by atoms with Gasteiger partial charge in [-0.15, -0.1) is 0 Å². The molecule has 0 spiro atoms. The van der Waals surface area contributed by atoms with Crippen molar-refractivity contribution in [2.75, 3.05) is 42.1 Å². The van der Waals surface area contributed by atoms with E-state index < -0.39 is 0 Å².